The third-order valence-electron chi connectivity index (χ3n) is 5.63. The number of rotatable bonds is 6. The van der Waals surface area contributed by atoms with Crippen LogP contribution in [0.4, 0.5) is 11.4 Å². The van der Waals surface area contributed by atoms with E-state index in [2.05, 4.69) is 5.32 Å². The highest BCUT2D eigenvalue weighted by Crippen LogP contribution is 2.36. The highest BCUT2D eigenvalue weighted by molar-refractivity contribution is 6.14. The molecule has 0 aliphatic carbocycles. The van der Waals surface area contributed by atoms with E-state index in [1.165, 1.54) is 4.90 Å². The first-order chi connectivity index (χ1) is 15.4. The summed E-state index contributed by atoms with van der Waals surface area (Å²) in [6.45, 7) is 4.04. The Labute approximate surface area is 186 Å². The number of hydrogen-bond acceptors (Lipinski definition) is 6. The molecule has 0 saturated carbocycles. The van der Waals surface area contributed by atoms with Gasteiger partial charge >= 0.3 is 5.97 Å². The molecule has 2 aromatic carbocycles. The Morgan fingerprint density at radius 2 is 1.91 bits per heavy atom. The first-order valence-corrected chi connectivity index (χ1v) is 10.6. The molecule has 168 valence electrons. The second-order valence-corrected chi connectivity index (χ2v) is 8.31. The zero-order chi connectivity index (χ0) is 22.7. The van der Waals surface area contributed by atoms with Gasteiger partial charge in [0.15, 0.2) is 6.61 Å². The van der Waals surface area contributed by atoms with Crippen molar-refractivity contribution >= 4 is 29.2 Å². The summed E-state index contributed by atoms with van der Waals surface area (Å²) < 4.78 is 16.5. The maximum absolute atomic E-state index is 13.0. The molecule has 1 atom stereocenters. The highest BCUT2D eigenvalue weighted by atomic mass is 16.5. The largest absolute Gasteiger partial charge is 0.491 e. The number of nitrogens with one attached hydrogen (secondary N) is 1. The van der Waals surface area contributed by atoms with Gasteiger partial charge in [-0.3, -0.25) is 14.5 Å². The number of esters is 1. The van der Waals surface area contributed by atoms with Gasteiger partial charge in [-0.05, 0) is 63.1 Å². The van der Waals surface area contributed by atoms with Crippen molar-refractivity contribution in [3.8, 4) is 5.75 Å². The molecule has 0 unspecified atom stereocenters. The Hall–Kier alpha value is -3.39. The monoisotopic (exact) mass is 438 g/mol. The lowest BCUT2D eigenvalue weighted by atomic mass is 9.96. The number of anilines is 2. The van der Waals surface area contributed by atoms with E-state index in [0.29, 0.717) is 29.3 Å². The summed E-state index contributed by atoms with van der Waals surface area (Å²) in [6, 6.07) is 13.6. The molecule has 2 aromatic rings. The topological polar surface area (TPSA) is 94.2 Å². The van der Waals surface area contributed by atoms with Crippen LogP contribution in [0.15, 0.2) is 48.5 Å². The van der Waals surface area contributed by atoms with E-state index in [1.54, 1.807) is 62.4 Å². The van der Waals surface area contributed by atoms with E-state index in [4.69, 9.17) is 14.2 Å². The maximum atomic E-state index is 13.0. The molecule has 2 aliphatic heterocycles. The number of hydrogen-bond donors (Lipinski definition) is 1. The molecular formula is C24H26N2O6. The molecule has 8 heteroatoms. The Morgan fingerprint density at radius 1 is 1.16 bits per heavy atom. The predicted octanol–water partition coefficient (Wildman–Crippen LogP) is 3.17. The third kappa shape index (κ3) is 4.45. The van der Waals surface area contributed by atoms with Crippen LogP contribution < -0.4 is 15.0 Å². The van der Waals surface area contributed by atoms with E-state index >= 15 is 0 Å². The van der Waals surface area contributed by atoms with E-state index in [0.717, 1.165) is 19.4 Å². The number of ether oxygens (including phenoxy) is 3. The summed E-state index contributed by atoms with van der Waals surface area (Å²) in [5.41, 5.74) is 0.277. The number of para-hydroxylation sites is 2. The summed E-state index contributed by atoms with van der Waals surface area (Å²) in [6.07, 6.45) is 2.14. The average Bonchev–Trinajstić information content (AvgIpc) is 3.30. The van der Waals surface area contributed by atoms with Crippen molar-refractivity contribution in [3.05, 3.63) is 54.1 Å². The Morgan fingerprint density at radius 3 is 2.62 bits per heavy atom. The third-order valence-corrected chi connectivity index (χ3v) is 5.63. The second-order valence-electron chi connectivity index (χ2n) is 8.31. The van der Waals surface area contributed by atoms with Gasteiger partial charge in [-0.25, -0.2) is 4.79 Å². The van der Waals surface area contributed by atoms with Gasteiger partial charge in [0.1, 0.15) is 17.9 Å². The van der Waals surface area contributed by atoms with Crippen molar-refractivity contribution in [1.29, 1.82) is 0 Å². The van der Waals surface area contributed by atoms with Crippen molar-refractivity contribution in [2.24, 2.45) is 0 Å². The van der Waals surface area contributed by atoms with Crippen molar-refractivity contribution in [2.75, 3.05) is 30.0 Å². The van der Waals surface area contributed by atoms with Crippen molar-refractivity contribution < 1.29 is 28.6 Å². The predicted molar refractivity (Wildman–Crippen MR) is 118 cm³/mol. The van der Waals surface area contributed by atoms with Crippen LogP contribution in [0.1, 0.15) is 37.0 Å². The number of carbonyl (C=O) groups is 3. The van der Waals surface area contributed by atoms with Gasteiger partial charge in [0.05, 0.1) is 23.0 Å². The van der Waals surface area contributed by atoms with Crippen LogP contribution in [0.2, 0.25) is 0 Å². The molecule has 0 spiro atoms. The molecule has 32 heavy (non-hydrogen) atoms. The number of benzene rings is 2. The Balaban J connectivity index is 1.37. The molecule has 4 rings (SSSR count). The number of carbonyl (C=O) groups excluding carboxylic acids is 3. The number of nitrogens with zero attached hydrogens (tertiary/aromatic N) is 1. The van der Waals surface area contributed by atoms with Gasteiger partial charge in [-0.1, -0.05) is 12.1 Å². The fraction of sp³-hybridized carbons (Fsp3) is 0.375. The van der Waals surface area contributed by atoms with Gasteiger partial charge in [0, 0.05) is 6.61 Å². The van der Waals surface area contributed by atoms with Crippen LogP contribution in [-0.4, -0.2) is 49.2 Å². The lowest BCUT2D eigenvalue weighted by molar-refractivity contribution is -0.128. The molecule has 2 aliphatic rings. The lowest BCUT2D eigenvalue weighted by Crippen LogP contribution is -2.59. The normalized spacial score (nSPS) is 19.1. The van der Waals surface area contributed by atoms with Crippen LogP contribution in [0.3, 0.4) is 0 Å². The molecule has 0 aromatic heterocycles. The summed E-state index contributed by atoms with van der Waals surface area (Å²) in [7, 11) is 0. The quantitative estimate of drug-likeness (QED) is 0.697. The minimum atomic E-state index is -1.13. The van der Waals surface area contributed by atoms with Crippen molar-refractivity contribution in [2.45, 2.75) is 38.3 Å². The van der Waals surface area contributed by atoms with Crippen molar-refractivity contribution in [3.63, 3.8) is 0 Å². The first kappa shape index (κ1) is 21.8. The zero-order valence-electron chi connectivity index (χ0n) is 18.1. The second kappa shape index (κ2) is 9.00. The molecule has 1 fully saturated rings. The fourth-order valence-corrected chi connectivity index (χ4v) is 3.83. The number of fused-ring (bicyclic) bond motifs is 1. The lowest BCUT2D eigenvalue weighted by Gasteiger charge is -2.41. The van der Waals surface area contributed by atoms with Crippen LogP contribution in [0, 0.1) is 0 Å². The summed E-state index contributed by atoms with van der Waals surface area (Å²) in [5, 5.41) is 2.80. The summed E-state index contributed by atoms with van der Waals surface area (Å²) in [5.74, 6) is -0.793. The van der Waals surface area contributed by atoms with Gasteiger partial charge in [0.25, 0.3) is 5.91 Å². The molecule has 1 saturated heterocycles. The van der Waals surface area contributed by atoms with E-state index in [1.807, 2.05) is 0 Å². The van der Waals surface area contributed by atoms with Gasteiger partial charge in [0.2, 0.25) is 5.91 Å². The fourth-order valence-electron chi connectivity index (χ4n) is 3.83. The van der Waals surface area contributed by atoms with E-state index in [9.17, 15) is 14.4 Å². The Kier molecular flexibility index (Phi) is 6.14. The Bertz CT molecular complexity index is 1010. The molecule has 2 heterocycles. The van der Waals surface area contributed by atoms with Crippen LogP contribution >= 0.6 is 0 Å². The number of amides is 2. The molecule has 2 amide bonds. The minimum Gasteiger partial charge on any atom is -0.491 e. The van der Waals surface area contributed by atoms with Crippen LogP contribution in [0.25, 0.3) is 0 Å². The van der Waals surface area contributed by atoms with Crippen LogP contribution in [0.5, 0.6) is 5.75 Å². The first-order valence-electron chi connectivity index (χ1n) is 10.6. The van der Waals surface area contributed by atoms with Gasteiger partial charge in [-0.15, -0.1) is 0 Å². The summed E-state index contributed by atoms with van der Waals surface area (Å²) >= 11 is 0. The van der Waals surface area contributed by atoms with E-state index < -0.39 is 24.0 Å². The van der Waals surface area contributed by atoms with E-state index in [-0.39, 0.29) is 12.0 Å². The molecule has 0 radical (unpaired) electrons. The van der Waals surface area contributed by atoms with Gasteiger partial charge < -0.3 is 19.5 Å². The average molecular weight is 438 g/mol. The zero-order valence-corrected chi connectivity index (χ0v) is 18.1. The summed E-state index contributed by atoms with van der Waals surface area (Å²) in [4.78, 5) is 39.3. The SMILES string of the molecule is CC1(C)C(=O)Nc2ccccc2N1C(=O)COC(=O)c1ccc(OC[C@H]2CCCO2)cc1. The van der Waals surface area contributed by atoms with Gasteiger partial charge in [-0.2, -0.15) is 0 Å². The standard InChI is InChI=1S/C24H26N2O6/c1-24(2)23(29)25-19-7-3-4-8-20(19)26(24)21(27)15-32-22(28)16-9-11-17(12-10-16)31-14-18-6-5-13-30-18/h3-4,7-12,18H,5-6,13-15H2,1-2H3,(H,25,29)/t18-/m1/s1. The maximum Gasteiger partial charge on any atom is 0.338 e. The minimum absolute atomic E-state index is 0.108. The molecule has 8 nitrogen and oxygen atoms in total. The highest BCUT2D eigenvalue weighted by Gasteiger charge is 2.43. The molecular weight excluding hydrogens is 412 g/mol. The van der Waals surface area contributed by atoms with Crippen molar-refractivity contribution in [1.82, 2.24) is 0 Å². The smallest absolute Gasteiger partial charge is 0.338 e. The molecule has 1 N–H and O–H groups in total. The van der Waals surface area contributed by atoms with Crippen LogP contribution in [-0.2, 0) is 19.1 Å². The molecule has 0 bridgehead atoms.